The second-order valence-electron chi connectivity index (χ2n) is 4.70. The molecule has 0 spiro atoms. The van der Waals surface area contributed by atoms with Crippen LogP contribution in [0.3, 0.4) is 0 Å². The van der Waals surface area contributed by atoms with Gasteiger partial charge in [-0.1, -0.05) is 12.1 Å². The molecule has 0 fully saturated rings. The third-order valence-electron chi connectivity index (χ3n) is 3.15. The molecule has 0 radical (unpaired) electrons. The summed E-state index contributed by atoms with van der Waals surface area (Å²) in [5.74, 6) is 0.875. The quantitative estimate of drug-likeness (QED) is 0.719. The van der Waals surface area contributed by atoms with Gasteiger partial charge in [-0.25, -0.2) is 9.97 Å². The minimum atomic E-state index is 0.0339. The van der Waals surface area contributed by atoms with Crippen LogP contribution in [0, 0.1) is 0 Å². The number of nitrogens with two attached hydrogens (primary N) is 1. The Morgan fingerprint density at radius 3 is 2.24 bits per heavy atom. The molecular formula is C16H14N4O. The van der Waals surface area contributed by atoms with E-state index in [0.29, 0.717) is 17.2 Å². The van der Waals surface area contributed by atoms with Crippen molar-refractivity contribution in [2.24, 2.45) is 0 Å². The minimum absolute atomic E-state index is 0.0339. The van der Waals surface area contributed by atoms with E-state index in [4.69, 9.17) is 5.73 Å². The molecule has 0 aliphatic carbocycles. The molecule has 0 saturated heterocycles. The molecule has 3 aromatic rings. The highest BCUT2D eigenvalue weighted by Crippen LogP contribution is 2.22. The number of ketones is 1. The van der Waals surface area contributed by atoms with Crippen molar-refractivity contribution in [1.29, 1.82) is 0 Å². The monoisotopic (exact) mass is 278 g/mol. The van der Waals surface area contributed by atoms with E-state index >= 15 is 0 Å². The number of rotatable bonds is 3. The second-order valence-corrected chi connectivity index (χ2v) is 4.70. The van der Waals surface area contributed by atoms with Crippen LogP contribution in [-0.4, -0.2) is 15.8 Å². The smallest absolute Gasteiger partial charge is 0.174 e. The SMILES string of the molecule is CC(=O)c1ccc(Nc2nc3ccccc3nc2N)cc1. The summed E-state index contributed by atoms with van der Waals surface area (Å²) in [6, 6.07) is 14.7. The largest absolute Gasteiger partial charge is 0.381 e. The van der Waals surface area contributed by atoms with Gasteiger partial charge in [-0.2, -0.15) is 0 Å². The first-order valence-corrected chi connectivity index (χ1v) is 6.54. The fourth-order valence-corrected chi connectivity index (χ4v) is 2.03. The molecule has 21 heavy (non-hydrogen) atoms. The van der Waals surface area contributed by atoms with Crippen LogP contribution in [0.25, 0.3) is 11.0 Å². The Balaban J connectivity index is 1.93. The Kier molecular flexibility index (Phi) is 3.23. The van der Waals surface area contributed by atoms with Gasteiger partial charge in [-0.3, -0.25) is 4.79 Å². The van der Waals surface area contributed by atoms with Gasteiger partial charge in [0.1, 0.15) is 0 Å². The molecule has 3 rings (SSSR count). The molecule has 1 heterocycles. The molecule has 104 valence electrons. The number of nitrogen functional groups attached to an aromatic ring is 1. The van der Waals surface area contributed by atoms with Crippen molar-refractivity contribution in [2.45, 2.75) is 6.92 Å². The predicted octanol–water partition coefficient (Wildman–Crippen LogP) is 3.16. The van der Waals surface area contributed by atoms with Gasteiger partial charge in [0.15, 0.2) is 17.4 Å². The highest BCUT2D eigenvalue weighted by molar-refractivity contribution is 5.94. The summed E-state index contributed by atoms with van der Waals surface area (Å²) >= 11 is 0. The van der Waals surface area contributed by atoms with E-state index in [0.717, 1.165) is 16.7 Å². The molecule has 2 aromatic carbocycles. The Bertz CT molecular complexity index is 812. The van der Waals surface area contributed by atoms with Gasteiger partial charge >= 0.3 is 0 Å². The number of carbonyl (C=O) groups is 1. The molecule has 0 amide bonds. The number of fused-ring (bicyclic) bond motifs is 1. The summed E-state index contributed by atoms with van der Waals surface area (Å²) in [4.78, 5) is 20.0. The maximum Gasteiger partial charge on any atom is 0.174 e. The van der Waals surface area contributed by atoms with Gasteiger partial charge in [0.05, 0.1) is 11.0 Å². The number of hydrogen-bond acceptors (Lipinski definition) is 5. The van der Waals surface area contributed by atoms with Crippen LogP contribution in [0.4, 0.5) is 17.3 Å². The van der Waals surface area contributed by atoms with Crippen LogP contribution in [0.1, 0.15) is 17.3 Å². The second kappa shape index (κ2) is 5.20. The van der Waals surface area contributed by atoms with E-state index in [1.807, 2.05) is 36.4 Å². The van der Waals surface area contributed by atoms with Crippen molar-refractivity contribution in [2.75, 3.05) is 11.1 Å². The summed E-state index contributed by atoms with van der Waals surface area (Å²) in [7, 11) is 0. The van der Waals surface area contributed by atoms with Gasteiger partial charge in [0, 0.05) is 11.3 Å². The van der Waals surface area contributed by atoms with Crippen molar-refractivity contribution in [3.05, 3.63) is 54.1 Å². The van der Waals surface area contributed by atoms with E-state index in [2.05, 4.69) is 15.3 Å². The van der Waals surface area contributed by atoms with E-state index < -0.39 is 0 Å². The molecule has 0 unspecified atom stereocenters. The number of anilines is 3. The van der Waals surface area contributed by atoms with E-state index in [1.165, 1.54) is 6.92 Å². The first-order chi connectivity index (χ1) is 10.1. The lowest BCUT2D eigenvalue weighted by Crippen LogP contribution is -2.02. The third-order valence-corrected chi connectivity index (χ3v) is 3.15. The van der Waals surface area contributed by atoms with Crippen molar-refractivity contribution >= 4 is 34.1 Å². The number of nitrogens with zero attached hydrogens (tertiary/aromatic N) is 2. The molecule has 0 aliphatic heterocycles. The van der Waals surface area contributed by atoms with Crippen LogP contribution in [0.5, 0.6) is 0 Å². The topological polar surface area (TPSA) is 80.9 Å². The van der Waals surface area contributed by atoms with Gasteiger partial charge in [-0.05, 0) is 43.3 Å². The number of hydrogen-bond donors (Lipinski definition) is 2. The van der Waals surface area contributed by atoms with Gasteiger partial charge < -0.3 is 11.1 Å². The van der Waals surface area contributed by atoms with Gasteiger partial charge in [0.2, 0.25) is 0 Å². The lowest BCUT2D eigenvalue weighted by atomic mass is 10.1. The van der Waals surface area contributed by atoms with Crippen molar-refractivity contribution in [1.82, 2.24) is 9.97 Å². The standard InChI is InChI=1S/C16H14N4O/c1-10(21)11-6-8-12(9-7-11)18-16-15(17)19-13-4-2-3-5-14(13)20-16/h2-9H,1H3,(H2,17,19)(H,18,20). The highest BCUT2D eigenvalue weighted by Gasteiger charge is 2.06. The summed E-state index contributed by atoms with van der Waals surface area (Å²) in [6.45, 7) is 1.54. The molecule has 3 N–H and O–H groups in total. The van der Waals surface area contributed by atoms with Crippen LogP contribution in [0.15, 0.2) is 48.5 Å². The molecule has 0 aliphatic rings. The zero-order valence-corrected chi connectivity index (χ0v) is 11.5. The Morgan fingerprint density at radius 1 is 1.00 bits per heavy atom. The van der Waals surface area contributed by atoms with Crippen molar-refractivity contribution < 1.29 is 4.79 Å². The number of carbonyl (C=O) groups excluding carboxylic acids is 1. The Hall–Kier alpha value is -2.95. The maximum absolute atomic E-state index is 11.3. The van der Waals surface area contributed by atoms with Gasteiger partial charge in [0.25, 0.3) is 0 Å². The van der Waals surface area contributed by atoms with Crippen LogP contribution in [0.2, 0.25) is 0 Å². The molecule has 5 heteroatoms. The lowest BCUT2D eigenvalue weighted by molar-refractivity contribution is 0.101. The van der Waals surface area contributed by atoms with Crippen LogP contribution >= 0.6 is 0 Å². The Morgan fingerprint density at radius 2 is 1.62 bits per heavy atom. The van der Waals surface area contributed by atoms with E-state index in [1.54, 1.807) is 12.1 Å². The molecule has 1 aromatic heterocycles. The normalized spacial score (nSPS) is 10.5. The summed E-state index contributed by atoms with van der Waals surface area (Å²) in [5.41, 5.74) is 8.92. The summed E-state index contributed by atoms with van der Waals surface area (Å²) in [5, 5.41) is 3.12. The predicted molar refractivity (Wildman–Crippen MR) is 83.7 cm³/mol. The van der Waals surface area contributed by atoms with E-state index in [-0.39, 0.29) is 5.78 Å². The fourth-order valence-electron chi connectivity index (χ4n) is 2.03. The molecular weight excluding hydrogens is 264 g/mol. The van der Waals surface area contributed by atoms with Crippen molar-refractivity contribution in [3.8, 4) is 0 Å². The fraction of sp³-hybridized carbons (Fsp3) is 0.0625. The minimum Gasteiger partial charge on any atom is -0.381 e. The maximum atomic E-state index is 11.3. The molecule has 0 saturated carbocycles. The first kappa shape index (κ1) is 13.1. The summed E-state index contributed by atoms with van der Waals surface area (Å²) < 4.78 is 0. The van der Waals surface area contributed by atoms with Crippen molar-refractivity contribution in [3.63, 3.8) is 0 Å². The number of benzene rings is 2. The van der Waals surface area contributed by atoms with Gasteiger partial charge in [-0.15, -0.1) is 0 Å². The molecule has 0 atom stereocenters. The average molecular weight is 278 g/mol. The van der Waals surface area contributed by atoms with Crippen LogP contribution < -0.4 is 11.1 Å². The van der Waals surface area contributed by atoms with Crippen LogP contribution in [-0.2, 0) is 0 Å². The van der Waals surface area contributed by atoms with E-state index in [9.17, 15) is 4.79 Å². The number of Topliss-reactive ketones (excluding diaryl/α,β-unsaturated/α-hetero) is 1. The summed E-state index contributed by atoms with van der Waals surface area (Å²) in [6.07, 6.45) is 0. The third kappa shape index (κ3) is 2.67. The average Bonchev–Trinajstić information content (AvgIpc) is 2.48. The zero-order chi connectivity index (χ0) is 14.8. The Labute approximate surface area is 121 Å². The number of nitrogens with one attached hydrogen (secondary N) is 1. The molecule has 0 bridgehead atoms. The number of aromatic nitrogens is 2. The lowest BCUT2D eigenvalue weighted by Gasteiger charge is -2.09. The zero-order valence-electron chi connectivity index (χ0n) is 11.5. The number of para-hydroxylation sites is 2. The first-order valence-electron chi connectivity index (χ1n) is 6.54. The molecule has 5 nitrogen and oxygen atoms in total. The highest BCUT2D eigenvalue weighted by atomic mass is 16.1.